The van der Waals surface area contributed by atoms with Gasteiger partial charge in [-0.25, -0.2) is 4.98 Å². The first-order valence-electron chi connectivity index (χ1n) is 7.64. The van der Waals surface area contributed by atoms with Crippen molar-refractivity contribution in [1.82, 2.24) is 10.3 Å². The van der Waals surface area contributed by atoms with Crippen LogP contribution in [0.25, 0.3) is 0 Å². The van der Waals surface area contributed by atoms with E-state index in [-0.39, 0.29) is 17.9 Å². The average Bonchev–Trinajstić information content (AvgIpc) is 2.44. The minimum atomic E-state index is -0.0184. The van der Waals surface area contributed by atoms with Crippen LogP contribution in [0, 0.1) is 17.2 Å². The number of fused-ring (bicyclic) bond motifs is 1. The van der Waals surface area contributed by atoms with Crippen LogP contribution < -0.4 is 10.2 Å². The third-order valence-corrected chi connectivity index (χ3v) is 4.02. The molecule has 6 nitrogen and oxygen atoms in total. The van der Waals surface area contributed by atoms with Crippen LogP contribution in [0.3, 0.4) is 0 Å². The van der Waals surface area contributed by atoms with Gasteiger partial charge >= 0.3 is 0 Å². The summed E-state index contributed by atoms with van der Waals surface area (Å²) in [6, 6.07) is 4.24. The number of nitrogens with one attached hydrogen (secondary N) is 1. The molecule has 6 heteroatoms. The Morgan fingerprint density at radius 2 is 2.32 bits per heavy atom. The van der Waals surface area contributed by atoms with Gasteiger partial charge in [0.2, 0.25) is 5.91 Å². The van der Waals surface area contributed by atoms with Crippen molar-refractivity contribution in [1.29, 1.82) is 5.26 Å². The topological polar surface area (TPSA) is 78.3 Å². The smallest absolute Gasteiger partial charge is 0.226 e. The summed E-state index contributed by atoms with van der Waals surface area (Å²) >= 11 is 0. The van der Waals surface area contributed by atoms with E-state index in [0.717, 1.165) is 17.7 Å². The lowest BCUT2D eigenvalue weighted by molar-refractivity contribution is -0.126. The maximum Gasteiger partial charge on any atom is 0.226 e. The summed E-state index contributed by atoms with van der Waals surface area (Å²) in [5.74, 6) is 0.767. The van der Waals surface area contributed by atoms with E-state index in [0.29, 0.717) is 37.7 Å². The molecule has 1 saturated heterocycles. The second kappa shape index (κ2) is 5.93. The maximum atomic E-state index is 12.0. The Kier molecular flexibility index (Phi) is 3.99. The quantitative estimate of drug-likeness (QED) is 0.900. The van der Waals surface area contributed by atoms with Gasteiger partial charge < -0.3 is 15.0 Å². The number of carbonyl (C=O) groups is 1. The normalized spacial score (nSPS) is 17.6. The fourth-order valence-electron chi connectivity index (χ4n) is 2.82. The molecule has 0 aliphatic carbocycles. The molecule has 0 aromatic carbocycles. The molecule has 0 radical (unpaired) electrons. The van der Waals surface area contributed by atoms with Crippen LogP contribution in [0.15, 0.2) is 6.07 Å². The molecule has 0 unspecified atom stereocenters. The summed E-state index contributed by atoms with van der Waals surface area (Å²) in [6.45, 7) is 6.34. The molecule has 22 heavy (non-hydrogen) atoms. The third kappa shape index (κ3) is 2.77. The Bertz CT molecular complexity index is 630. The van der Waals surface area contributed by atoms with Gasteiger partial charge in [-0.1, -0.05) is 0 Å². The molecule has 2 aliphatic heterocycles. The monoisotopic (exact) mass is 300 g/mol. The van der Waals surface area contributed by atoms with Crippen molar-refractivity contribution in [3.63, 3.8) is 0 Å². The Hall–Kier alpha value is -2.13. The van der Waals surface area contributed by atoms with E-state index in [1.807, 2.05) is 24.8 Å². The largest absolute Gasteiger partial charge is 0.376 e. The minimum Gasteiger partial charge on any atom is -0.376 e. The van der Waals surface area contributed by atoms with Crippen molar-refractivity contribution in [2.45, 2.75) is 32.9 Å². The highest BCUT2D eigenvalue weighted by Crippen LogP contribution is 2.29. The van der Waals surface area contributed by atoms with Crippen LogP contribution in [0.1, 0.15) is 30.7 Å². The number of amides is 1. The summed E-state index contributed by atoms with van der Waals surface area (Å²) in [5.41, 5.74) is 2.57. The molecule has 116 valence electrons. The number of nitrogens with zero attached hydrogens (tertiary/aromatic N) is 3. The SMILES string of the molecule is CC(C)NC(=O)C1CN(c2nc3c(cc2C#N)COCC3)C1. The minimum absolute atomic E-state index is 0.0184. The van der Waals surface area contributed by atoms with Crippen LogP contribution >= 0.6 is 0 Å². The summed E-state index contributed by atoms with van der Waals surface area (Å²) < 4.78 is 5.41. The zero-order valence-electron chi connectivity index (χ0n) is 12.9. The first kappa shape index (κ1) is 14.8. The summed E-state index contributed by atoms with van der Waals surface area (Å²) in [4.78, 5) is 18.6. The molecular formula is C16H20N4O2. The van der Waals surface area contributed by atoms with Crippen LogP contribution in [-0.4, -0.2) is 36.6 Å². The number of pyridine rings is 1. The summed E-state index contributed by atoms with van der Waals surface area (Å²) in [7, 11) is 0. The Balaban J connectivity index is 1.74. The molecule has 3 heterocycles. The summed E-state index contributed by atoms with van der Waals surface area (Å²) in [5, 5.41) is 12.3. The second-order valence-electron chi connectivity index (χ2n) is 6.14. The number of rotatable bonds is 3. The maximum absolute atomic E-state index is 12.0. The van der Waals surface area contributed by atoms with Crippen molar-refractivity contribution in [2.75, 3.05) is 24.6 Å². The van der Waals surface area contributed by atoms with E-state index in [1.54, 1.807) is 0 Å². The molecule has 1 N–H and O–H groups in total. The van der Waals surface area contributed by atoms with E-state index in [4.69, 9.17) is 4.74 Å². The number of aromatic nitrogens is 1. The highest BCUT2D eigenvalue weighted by Gasteiger charge is 2.35. The first-order valence-corrected chi connectivity index (χ1v) is 7.64. The Labute approximate surface area is 130 Å². The fourth-order valence-corrected chi connectivity index (χ4v) is 2.82. The summed E-state index contributed by atoms with van der Waals surface area (Å²) in [6.07, 6.45) is 0.777. The zero-order chi connectivity index (χ0) is 15.7. The van der Waals surface area contributed by atoms with Gasteiger partial charge in [0.15, 0.2) is 0 Å². The second-order valence-corrected chi connectivity index (χ2v) is 6.14. The number of anilines is 1. The lowest BCUT2D eigenvalue weighted by atomic mass is 9.97. The molecule has 0 atom stereocenters. The van der Waals surface area contributed by atoms with E-state index in [1.165, 1.54) is 0 Å². The molecule has 2 aliphatic rings. The van der Waals surface area contributed by atoms with Gasteiger partial charge in [-0.3, -0.25) is 4.79 Å². The van der Waals surface area contributed by atoms with Crippen molar-refractivity contribution in [3.8, 4) is 6.07 Å². The molecular weight excluding hydrogens is 280 g/mol. The van der Waals surface area contributed by atoms with E-state index in [2.05, 4.69) is 16.4 Å². The Morgan fingerprint density at radius 1 is 1.55 bits per heavy atom. The van der Waals surface area contributed by atoms with Crippen molar-refractivity contribution < 1.29 is 9.53 Å². The highest BCUT2D eigenvalue weighted by atomic mass is 16.5. The molecule has 0 spiro atoms. The van der Waals surface area contributed by atoms with Crippen molar-refractivity contribution in [3.05, 3.63) is 22.9 Å². The molecule has 3 rings (SSSR count). The molecule has 1 aromatic rings. The molecule has 1 amide bonds. The average molecular weight is 300 g/mol. The predicted octanol–water partition coefficient (Wildman–Crippen LogP) is 0.987. The fraction of sp³-hybridized carbons (Fsp3) is 0.562. The number of carbonyl (C=O) groups excluding carboxylic acids is 1. The van der Waals surface area contributed by atoms with E-state index < -0.39 is 0 Å². The van der Waals surface area contributed by atoms with Gasteiger partial charge in [-0.15, -0.1) is 0 Å². The van der Waals surface area contributed by atoms with Gasteiger partial charge in [0.1, 0.15) is 11.9 Å². The molecule has 0 bridgehead atoms. The van der Waals surface area contributed by atoms with Crippen LogP contribution in [-0.2, 0) is 22.6 Å². The highest BCUT2D eigenvalue weighted by molar-refractivity contribution is 5.82. The van der Waals surface area contributed by atoms with Crippen LogP contribution in [0.2, 0.25) is 0 Å². The predicted molar refractivity (Wildman–Crippen MR) is 81.3 cm³/mol. The van der Waals surface area contributed by atoms with E-state index in [9.17, 15) is 10.1 Å². The zero-order valence-corrected chi connectivity index (χ0v) is 12.9. The van der Waals surface area contributed by atoms with Gasteiger partial charge in [-0.05, 0) is 19.9 Å². The van der Waals surface area contributed by atoms with Gasteiger partial charge in [-0.2, -0.15) is 5.26 Å². The molecule has 1 aromatic heterocycles. The molecule has 0 saturated carbocycles. The van der Waals surface area contributed by atoms with E-state index >= 15 is 0 Å². The van der Waals surface area contributed by atoms with Crippen LogP contribution in [0.4, 0.5) is 5.82 Å². The van der Waals surface area contributed by atoms with Crippen molar-refractivity contribution in [2.24, 2.45) is 5.92 Å². The van der Waals surface area contributed by atoms with Gasteiger partial charge in [0.05, 0.1) is 30.4 Å². The van der Waals surface area contributed by atoms with Crippen molar-refractivity contribution >= 4 is 11.7 Å². The van der Waals surface area contributed by atoms with Crippen LogP contribution in [0.5, 0.6) is 0 Å². The standard InChI is InChI=1S/C16H20N4O2/c1-10(2)18-16(21)13-7-20(8-13)15-11(6-17)5-12-9-22-4-3-14(12)19-15/h5,10,13H,3-4,7-9H2,1-2H3,(H,18,21). The third-order valence-electron chi connectivity index (χ3n) is 4.02. The number of hydrogen-bond donors (Lipinski definition) is 1. The first-order chi connectivity index (χ1) is 10.6. The number of hydrogen-bond acceptors (Lipinski definition) is 5. The number of ether oxygens (including phenoxy) is 1. The lowest BCUT2D eigenvalue weighted by Gasteiger charge is -2.40. The molecule has 1 fully saturated rings. The lowest BCUT2D eigenvalue weighted by Crippen LogP contribution is -2.55. The van der Waals surface area contributed by atoms with Gasteiger partial charge in [0, 0.05) is 31.1 Å². The van der Waals surface area contributed by atoms with Gasteiger partial charge in [0.25, 0.3) is 0 Å². The Morgan fingerprint density at radius 3 is 3.00 bits per heavy atom. The number of nitriles is 1.